The fourth-order valence-electron chi connectivity index (χ4n) is 5.46. The number of hydrogen-bond acceptors (Lipinski definition) is 2. The second-order valence-electron chi connectivity index (χ2n) is 9.56. The molecule has 2 fully saturated rings. The Kier molecular flexibility index (Phi) is 6.92. The fourth-order valence-corrected chi connectivity index (χ4v) is 5.46. The number of rotatable bonds is 7. The van der Waals surface area contributed by atoms with Gasteiger partial charge in [-0.25, -0.2) is 4.39 Å². The van der Waals surface area contributed by atoms with Crippen LogP contribution in [0, 0.1) is 17.2 Å². The summed E-state index contributed by atoms with van der Waals surface area (Å²) >= 11 is 0. The first kappa shape index (κ1) is 22.5. The summed E-state index contributed by atoms with van der Waals surface area (Å²) in [6.45, 7) is 1.13. The molecule has 170 valence electrons. The first-order valence-electron chi connectivity index (χ1n) is 11.9. The Morgan fingerprint density at radius 1 is 1.03 bits per heavy atom. The molecule has 1 heterocycles. The number of likely N-dealkylation sites (tertiary alicyclic amines) is 1. The first-order chi connectivity index (χ1) is 15.5. The summed E-state index contributed by atoms with van der Waals surface area (Å²) in [4.78, 5) is 27.3. The van der Waals surface area contributed by atoms with Crippen molar-refractivity contribution in [1.29, 1.82) is 0 Å². The van der Waals surface area contributed by atoms with Crippen molar-refractivity contribution < 1.29 is 14.0 Å². The number of carbonyl (C=O) groups is 2. The molecule has 1 saturated heterocycles. The van der Waals surface area contributed by atoms with Crippen molar-refractivity contribution in [3.63, 3.8) is 0 Å². The van der Waals surface area contributed by atoms with E-state index in [1.54, 1.807) is 6.07 Å². The van der Waals surface area contributed by atoms with Crippen LogP contribution in [0.1, 0.15) is 56.9 Å². The van der Waals surface area contributed by atoms with E-state index < -0.39 is 5.41 Å². The van der Waals surface area contributed by atoms with E-state index in [0.717, 1.165) is 23.1 Å². The number of piperidine rings is 1. The topological polar surface area (TPSA) is 63.4 Å². The van der Waals surface area contributed by atoms with E-state index in [1.807, 2.05) is 35.2 Å². The van der Waals surface area contributed by atoms with Crippen LogP contribution in [0.2, 0.25) is 0 Å². The molecule has 0 spiro atoms. The monoisotopic (exact) mass is 436 g/mol. The van der Waals surface area contributed by atoms with Crippen LogP contribution in [0.5, 0.6) is 0 Å². The number of halogens is 1. The Morgan fingerprint density at radius 2 is 1.75 bits per heavy atom. The Hall–Kier alpha value is -2.69. The molecular weight excluding hydrogens is 403 g/mol. The molecule has 0 aromatic heterocycles. The Labute approximate surface area is 190 Å². The van der Waals surface area contributed by atoms with E-state index in [0.29, 0.717) is 44.7 Å². The Bertz CT molecular complexity index is 960. The lowest BCUT2D eigenvalue weighted by Crippen LogP contribution is -2.50. The predicted octanol–water partition coefficient (Wildman–Crippen LogP) is 5.10. The number of benzene rings is 2. The van der Waals surface area contributed by atoms with Crippen LogP contribution in [0.15, 0.2) is 48.5 Å². The molecule has 1 aliphatic heterocycles. The van der Waals surface area contributed by atoms with Crippen molar-refractivity contribution in [2.45, 2.75) is 57.8 Å². The van der Waals surface area contributed by atoms with Gasteiger partial charge in [0.15, 0.2) is 0 Å². The lowest BCUT2D eigenvalue weighted by molar-refractivity contribution is -0.139. The minimum atomic E-state index is -0.689. The smallest absolute Gasteiger partial charge is 0.224 e. The normalized spacial score (nSPS) is 18.6. The van der Waals surface area contributed by atoms with Crippen LogP contribution in [0.3, 0.4) is 0 Å². The molecule has 32 heavy (non-hydrogen) atoms. The molecule has 0 radical (unpaired) electrons. The summed E-state index contributed by atoms with van der Waals surface area (Å²) in [6, 6.07) is 14.3. The highest BCUT2D eigenvalue weighted by atomic mass is 19.1. The standard InChI is InChI=1S/C27H33FN2O2/c28-23-10-5-9-21(18-23)24-11-4-3-8-22(24)19-27(26(29)32)14-16-30(17-15-27)25(31)13-12-20-6-1-2-7-20/h3-5,8-11,18,20H,1-2,6-7,12-17,19H2,(H2,29,32). The molecule has 2 aromatic carbocycles. The van der Waals surface area contributed by atoms with Gasteiger partial charge in [0, 0.05) is 19.5 Å². The van der Waals surface area contributed by atoms with Crippen LogP contribution in [-0.2, 0) is 16.0 Å². The maximum atomic E-state index is 13.8. The molecule has 2 aliphatic rings. The zero-order valence-corrected chi connectivity index (χ0v) is 18.7. The van der Waals surface area contributed by atoms with Gasteiger partial charge in [-0.2, -0.15) is 0 Å². The van der Waals surface area contributed by atoms with E-state index in [2.05, 4.69) is 0 Å². The number of hydrogen-bond donors (Lipinski definition) is 1. The molecule has 0 bridgehead atoms. The Morgan fingerprint density at radius 3 is 2.44 bits per heavy atom. The second kappa shape index (κ2) is 9.85. The van der Waals surface area contributed by atoms with Gasteiger partial charge in [0.25, 0.3) is 0 Å². The molecule has 2 N–H and O–H groups in total. The van der Waals surface area contributed by atoms with Gasteiger partial charge < -0.3 is 10.6 Å². The molecule has 2 aromatic rings. The van der Waals surface area contributed by atoms with Crippen LogP contribution >= 0.6 is 0 Å². The average Bonchev–Trinajstić information content (AvgIpc) is 3.32. The zero-order chi connectivity index (χ0) is 22.6. The summed E-state index contributed by atoms with van der Waals surface area (Å²) in [5.74, 6) is 0.304. The summed E-state index contributed by atoms with van der Waals surface area (Å²) in [5, 5.41) is 0. The summed E-state index contributed by atoms with van der Waals surface area (Å²) in [6.07, 6.45) is 8.31. The first-order valence-corrected chi connectivity index (χ1v) is 11.9. The van der Waals surface area contributed by atoms with Crippen molar-refractivity contribution in [1.82, 2.24) is 4.90 Å². The minimum absolute atomic E-state index is 0.204. The van der Waals surface area contributed by atoms with Gasteiger partial charge in [0.05, 0.1) is 5.41 Å². The largest absolute Gasteiger partial charge is 0.369 e. The van der Waals surface area contributed by atoms with E-state index in [1.165, 1.54) is 37.8 Å². The summed E-state index contributed by atoms with van der Waals surface area (Å²) in [7, 11) is 0. The van der Waals surface area contributed by atoms with Gasteiger partial charge in [0.2, 0.25) is 11.8 Å². The molecule has 5 heteroatoms. The lowest BCUT2D eigenvalue weighted by Gasteiger charge is -2.40. The van der Waals surface area contributed by atoms with Crippen molar-refractivity contribution >= 4 is 11.8 Å². The third kappa shape index (κ3) is 5.03. The SMILES string of the molecule is NC(=O)C1(Cc2ccccc2-c2cccc(F)c2)CCN(C(=O)CCC2CCCC2)CC1. The second-order valence-corrected chi connectivity index (χ2v) is 9.56. The van der Waals surface area contributed by atoms with Crippen molar-refractivity contribution in [3.8, 4) is 11.1 Å². The van der Waals surface area contributed by atoms with Gasteiger partial charge >= 0.3 is 0 Å². The third-order valence-electron chi connectivity index (χ3n) is 7.52. The number of nitrogens with two attached hydrogens (primary N) is 1. The summed E-state index contributed by atoms with van der Waals surface area (Å²) in [5.41, 5.74) is 7.93. The minimum Gasteiger partial charge on any atom is -0.369 e. The lowest BCUT2D eigenvalue weighted by atomic mass is 9.72. The van der Waals surface area contributed by atoms with Crippen molar-refractivity contribution in [2.24, 2.45) is 17.1 Å². The van der Waals surface area contributed by atoms with Crippen LogP contribution in [-0.4, -0.2) is 29.8 Å². The van der Waals surface area contributed by atoms with Gasteiger partial charge in [-0.15, -0.1) is 0 Å². The fraction of sp³-hybridized carbons (Fsp3) is 0.481. The van der Waals surface area contributed by atoms with Crippen LogP contribution in [0.25, 0.3) is 11.1 Å². The van der Waals surface area contributed by atoms with Crippen molar-refractivity contribution in [3.05, 3.63) is 59.9 Å². The maximum absolute atomic E-state index is 13.8. The molecule has 0 unspecified atom stereocenters. The molecule has 4 nitrogen and oxygen atoms in total. The molecule has 2 amide bonds. The third-order valence-corrected chi connectivity index (χ3v) is 7.52. The predicted molar refractivity (Wildman–Crippen MR) is 124 cm³/mol. The quantitative estimate of drug-likeness (QED) is 0.656. The Balaban J connectivity index is 1.45. The van der Waals surface area contributed by atoms with Crippen LogP contribution in [0.4, 0.5) is 4.39 Å². The van der Waals surface area contributed by atoms with E-state index in [-0.39, 0.29) is 17.6 Å². The van der Waals surface area contributed by atoms with Gasteiger partial charge in [-0.3, -0.25) is 9.59 Å². The molecule has 1 saturated carbocycles. The molecule has 1 aliphatic carbocycles. The van der Waals surface area contributed by atoms with Gasteiger partial charge in [-0.05, 0) is 60.4 Å². The van der Waals surface area contributed by atoms with E-state index in [9.17, 15) is 14.0 Å². The number of primary amides is 1. The van der Waals surface area contributed by atoms with Gasteiger partial charge in [-0.1, -0.05) is 62.1 Å². The van der Waals surface area contributed by atoms with Crippen molar-refractivity contribution in [2.75, 3.05) is 13.1 Å². The number of carbonyl (C=O) groups excluding carboxylic acids is 2. The van der Waals surface area contributed by atoms with Crippen LogP contribution < -0.4 is 5.73 Å². The molecule has 4 rings (SSSR count). The molecule has 0 atom stereocenters. The molecular formula is C27H33FN2O2. The van der Waals surface area contributed by atoms with E-state index >= 15 is 0 Å². The maximum Gasteiger partial charge on any atom is 0.224 e. The highest BCUT2D eigenvalue weighted by Gasteiger charge is 2.41. The highest BCUT2D eigenvalue weighted by Crippen LogP contribution is 2.38. The highest BCUT2D eigenvalue weighted by molar-refractivity contribution is 5.83. The number of nitrogens with zero attached hydrogens (tertiary/aromatic N) is 1. The number of amides is 2. The van der Waals surface area contributed by atoms with Gasteiger partial charge in [0.1, 0.15) is 5.82 Å². The van der Waals surface area contributed by atoms with E-state index in [4.69, 9.17) is 5.73 Å². The average molecular weight is 437 g/mol. The summed E-state index contributed by atoms with van der Waals surface area (Å²) < 4.78 is 13.8. The zero-order valence-electron chi connectivity index (χ0n) is 18.7.